The molecule has 1 unspecified atom stereocenters. The summed E-state index contributed by atoms with van der Waals surface area (Å²) in [6, 6.07) is 13.3. The maximum absolute atomic E-state index is 13.3. The lowest BCUT2D eigenvalue weighted by molar-refractivity contribution is -0.118. The smallest absolute Gasteiger partial charge is 0.308 e. The van der Waals surface area contributed by atoms with Crippen LogP contribution in [0.4, 0.5) is 15.9 Å². The molecule has 3 aromatic rings. The minimum atomic E-state index is -0.333. The Kier molecular flexibility index (Phi) is 4.31. The first-order chi connectivity index (χ1) is 13.0. The lowest BCUT2D eigenvalue weighted by atomic mass is 9.90. The molecule has 1 aromatic heterocycles. The highest BCUT2D eigenvalue weighted by Crippen LogP contribution is 2.44. The van der Waals surface area contributed by atoms with Crippen LogP contribution in [-0.4, -0.2) is 17.6 Å². The number of rotatable bonds is 3. The first-order valence-electron chi connectivity index (χ1n) is 8.41. The van der Waals surface area contributed by atoms with Crippen molar-refractivity contribution in [2.24, 2.45) is 7.05 Å². The molecule has 0 spiro atoms. The van der Waals surface area contributed by atoms with Crippen molar-refractivity contribution >= 4 is 28.7 Å². The van der Waals surface area contributed by atoms with Gasteiger partial charge in [0.25, 0.3) is 0 Å². The summed E-state index contributed by atoms with van der Waals surface area (Å²) in [4.78, 5) is 27.7. The largest absolute Gasteiger partial charge is 0.497 e. The Morgan fingerprint density at radius 1 is 1.15 bits per heavy atom. The summed E-state index contributed by atoms with van der Waals surface area (Å²) in [6.45, 7) is 0. The van der Waals surface area contributed by atoms with Crippen molar-refractivity contribution in [3.8, 4) is 5.75 Å². The van der Waals surface area contributed by atoms with Crippen molar-refractivity contribution in [2.45, 2.75) is 12.3 Å². The van der Waals surface area contributed by atoms with Gasteiger partial charge in [0.2, 0.25) is 5.91 Å². The number of aromatic nitrogens is 1. The molecule has 0 saturated carbocycles. The maximum Gasteiger partial charge on any atom is 0.308 e. The van der Waals surface area contributed by atoms with Gasteiger partial charge in [-0.15, -0.1) is 0 Å². The number of methoxy groups -OCH3 is 1. The highest BCUT2D eigenvalue weighted by Gasteiger charge is 2.37. The van der Waals surface area contributed by atoms with E-state index < -0.39 is 0 Å². The summed E-state index contributed by atoms with van der Waals surface area (Å²) < 4.78 is 20.1. The molecular formula is C20H17FN2O3S. The number of ether oxygens (including phenoxy) is 1. The number of amides is 1. The highest BCUT2D eigenvalue weighted by atomic mass is 32.1. The number of halogens is 1. The molecule has 138 valence electrons. The van der Waals surface area contributed by atoms with Gasteiger partial charge in [-0.1, -0.05) is 29.5 Å². The van der Waals surface area contributed by atoms with Gasteiger partial charge in [-0.25, -0.2) is 4.39 Å². The van der Waals surface area contributed by atoms with Gasteiger partial charge in [-0.3, -0.25) is 19.1 Å². The molecule has 0 aliphatic carbocycles. The molecule has 7 heteroatoms. The highest BCUT2D eigenvalue weighted by molar-refractivity contribution is 7.10. The van der Waals surface area contributed by atoms with E-state index in [9.17, 15) is 14.0 Å². The molecule has 0 radical (unpaired) electrons. The number of anilines is 2. The van der Waals surface area contributed by atoms with E-state index in [-0.39, 0.29) is 28.9 Å². The molecule has 1 atom stereocenters. The Morgan fingerprint density at radius 3 is 2.59 bits per heavy atom. The zero-order valence-electron chi connectivity index (χ0n) is 14.8. The van der Waals surface area contributed by atoms with Gasteiger partial charge >= 0.3 is 4.87 Å². The normalized spacial score (nSPS) is 16.3. The topological polar surface area (TPSA) is 51.5 Å². The first-order valence-corrected chi connectivity index (χ1v) is 9.23. The van der Waals surface area contributed by atoms with Gasteiger partial charge in [0.15, 0.2) is 0 Å². The molecule has 27 heavy (non-hydrogen) atoms. The van der Waals surface area contributed by atoms with E-state index >= 15 is 0 Å². The van der Waals surface area contributed by atoms with Crippen molar-refractivity contribution < 1.29 is 13.9 Å². The van der Waals surface area contributed by atoms with E-state index in [2.05, 4.69) is 0 Å². The zero-order chi connectivity index (χ0) is 19.1. The molecule has 0 N–H and O–H groups in total. The molecule has 0 saturated heterocycles. The second-order valence-corrected chi connectivity index (χ2v) is 7.35. The summed E-state index contributed by atoms with van der Waals surface area (Å²) in [5.74, 6) is 0.458. The third-order valence-electron chi connectivity index (χ3n) is 4.75. The van der Waals surface area contributed by atoms with Crippen molar-refractivity contribution in [2.75, 3.05) is 12.0 Å². The Hall–Kier alpha value is -2.93. The van der Waals surface area contributed by atoms with E-state index in [4.69, 9.17) is 4.74 Å². The third kappa shape index (κ3) is 2.94. The zero-order valence-corrected chi connectivity index (χ0v) is 15.6. The SMILES string of the molecule is COc1cccc(N2C(=O)CC(c3ccc(F)cc3)c3sc(=O)n(C)c32)c1. The fourth-order valence-corrected chi connectivity index (χ4v) is 4.50. The maximum atomic E-state index is 13.3. The van der Waals surface area contributed by atoms with Crippen LogP contribution in [0.5, 0.6) is 5.75 Å². The minimum Gasteiger partial charge on any atom is -0.497 e. The Balaban J connectivity index is 1.88. The molecule has 1 amide bonds. The average molecular weight is 384 g/mol. The summed E-state index contributed by atoms with van der Waals surface area (Å²) in [5, 5.41) is 0. The van der Waals surface area contributed by atoms with Crippen LogP contribution in [0, 0.1) is 5.82 Å². The number of carbonyl (C=O) groups is 1. The van der Waals surface area contributed by atoms with Crippen LogP contribution in [0.25, 0.3) is 0 Å². The van der Waals surface area contributed by atoms with Crippen LogP contribution in [0.2, 0.25) is 0 Å². The fraction of sp³-hybridized carbons (Fsp3) is 0.200. The molecular weight excluding hydrogens is 367 g/mol. The molecule has 1 aliphatic heterocycles. The lowest BCUT2D eigenvalue weighted by Crippen LogP contribution is -2.34. The minimum absolute atomic E-state index is 0.126. The molecule has 5 nitrogen and oxygen atoms in total. The first kappa shape index (κ1) is 17.5. The van der Waals surface area contributed by atoms with Gasteiger partial charge in [-0.05, 0) is 29.8 Å². The molecule has 2 heterocycles. The number of hydrogen-bond acceptors (Lipinski definition) is 4. The average Bonchev–Trinajstić information content (AvgIpc) is 2.97. The molecule has 4 rings (SSSR count). The number of nitrogens with zero attached hydrogens (tertiary/aromatic N) is 2. The van der Waals surface area contributed by atoms with Crippen molar-refractivity contribution in [1.82, 2.24) is 4.57 Å². The molecule has 0 bridgehead atoms. The van der Waals surface area contributed by atoms with E-state index in [1.165, 1.54) is 16.7 Å². The van der Waals surface area contributed by atoms with Gasteiger partial charge in [0, 0.05) is 25.5 Å². The number of hydrogen-bond donors (Lipinski definition) is 0. The molecule has 0 fully saturated rings. The monoisotopic (exact) mass is 384 g/mol. The molecule has 1 aliphatic rings. The van der Waals surface area contributed by atoms with Gasteiger partial charge in [-0.2, -0.15) is 0 Å². The second-order valence-electron chi connectivity index (χ2n) is 6.35. The number of benzene rings is 2. The Bertz CT molecular complexity index is 1070. The van der Waals surface area contributed by atoms with Crippen molar-refractivity contribution in [3.63, 3.8) is 0 Å². The van der Waals surface area contributed by atoms with E-state index in [0.29, 0.717) is 17.3 Å². The second kappa shape index (κ2) is 6.66. The fourth-order valence-electron chi connectivity index (χ4n) is 3.40. The van der Waals surface area contributed by atoms with Crippen molar-refractivity contribution in [3.05, 3.63) is 74.5 Å². The summed E-state index contributed by atoms with van der Waals surface area (Å²) in [6.07, 6.45) is 0.204. The predicted molar refractivity (Wildman–Crippen MR) is 103 cm³/mol. The van der Waals surface area contributed by atoms with Crippen LogP contribution >= 0.6 is 11.3 Å². The van der Waals surface area contributed by atoms with Gasteiger partial charge in [0.1, 0.15) is 17.4 Å². The van der Waals surface area contributed by atoms with E-state index in [0.717, 1.165) is 21.8 Å². The lowest BCUT2D eigenvalue weighted by Gasteiger charge is -2.32. The Labute approximate surface area is 159 Å². The molecule has 2 aromatic carbocycles. The Morgan fingerprint density at radius 2 is 1.89 bits per heavy atom. The summed E-state index contributed by atoms with van der Waals surface area (Å²) in [5.41, 5.74) is 1.46. The van der Waals surface area contributed by atoms with Crippen LogP contribution in [-0.2, 0) is 11.8 Å². The quantitative estimate of drug-likeness (QED) is 0.690. The predicted octanol–water partition coefficient (Wildman–Crippen LogP) is 3.79. The third-order valence-corrected chi connectivity index (χ3v) is 5.89. The number of thiazole rings is 1. The standard InChI is InChI=1S/C20H17FN2O3S/c1-22-19-18(27-20(22)25)16(12-6-8-13(21)9-7-12)11-17(24)23(19)14-4-3-5-15(10-14)26-2/h3-10,16H,11H2,1-2H3. The van der Waals surface area contributed by atoms with Crippen molar-refractivity contribution in [1.29, 1.82) is 0 Å². The number of carbonyl (C=O) groups excluding carboxylic acids is 1. The van der Waals surface area contributed by atoms with E-state index in [1.807, 2.05) is 6.07 Å². The van der Waals surface area contributed by atoms with Crippen LogP contribution in [0.1, 0.15) is 22.8 Å². The van der Waals surface area contributed by atoms with E-state index in [1.54, 1.807) is 49.4 Å². The van der Waals surface area contributed by atoms with Gasteiger partial charge < -0.3 is 4.74 Å². The number of fused-ring (bicyclic) bond motifs is 1. The van der Waals surface area contributed by atoms with Crippen LogP contribution in [0.15, 0.2) is 53.3 Å². The van der Waals surface area contributed by atoms with Crippen LogP contribution in [0.3, 0.4) is 0 Å². The van der Waals surface area contributed by atoms with Gasteiger partial charge in [0.05, 0.1) is 17.7 Å². The summed E-state index contributed by atoms with van der Waals surface area (Å²) >= 11 is 1.12. The summed E-state index contributed by atoms with van der Waals surface area (Å²) in [7, 11) is 3.22. The van der Waals surface area contributed by atoms with Crippen LogP contribution < -0.4 is 14.5 Å².